The molecule has 132 valence electrons. The van der Waals surface area contributed by atoms with E-state index < -0.39 is 0 Å². The highest BCUT2D eigenvalue weighted by Crippen LogP contribution is 2.25. The molecule has 1 aliphatic rings. The normalized spacial score (nSPS) is 21.8. The van der Waals surface area contributed by atoms with Gasteiger partial charge in [-0.1, -0.05) is 34.6 Å². The zero-order chi connectivity index (χ0) is 17.0. The third-order valence-electron chi connectivity index (χ3n) is 5.08. The summed E-state index contributed by atoms with van der Waals surface area (Å²) in [6.45, 7) is 23.9. The van der Waals surface area contributed by atoms with Crippen LogP contribution in [0.25, 0.3) is 0 Å². The number of hydrogen-bond acceptors (Lipinski definition) is 3. The van der Waals surface area contributed by atoms with E-state index in [0.717, 1.165) is 13.0 Å². The molecule has 1 fully saturated rings. The smallest absolute Gasteiger partial charge is 0.0625 e. The summed E-state index contributed by atoms with van der Waals surface area (Å²) in [6, 6.07) is 0.568. The first-order valence-electron chi connectivity index (χ1n) is 9.20. The van der Waals surface area contributed by atoms with Gasteiger partial charge in [-0.2, -0.15) is 0 Å². The van der Waals surface area contributed by atoms with Gasteiger partial charge in [0.05, 0.1) is 12.7 Å². The van der Waals surface area contributed by atoms with Gasteiger partial charge in [0.15, 0.2) is 0 Å². The van der Waals surface area contributed by atoms with Gasteiger partial charge in [-0.05, 0) is 39.0 Å². The van der Waals surface area contributed by atoms with Crippen molar-refractivity contribution in [3.05, 3.63) is 0 Å². The van der Waals surface area contributed by atoms with E-state index in [1.54, 1.807) is 0 Å². The maximum atomic E-state index is 6.30. The van der Waals surface area contributed by atoms with Crippen molar-refractivity contribution in [3.8, 4) is 0 Å². The summed E-state index contributed by atoms with van der Waals surface area (Å²) in [5, 5.41) is 0. The summed E-state index contributed by atoms with van der Waals surface area (Å²) in [5.74, 6) is 0. The quantitative estimate of drug-likeness (QED) is 0.736. The summed E-state index contributed by atoms with van der Waals surface area (Å²) in [5.41, 5.74) is 0.530. The molecule has 0 amide bonds. The Hall–Kier alpha value is -0.120. The minimum absolute atomic E-state index is 0.234. The zero-order valence-electron chi connectivity index (χ0n) is 16.4. The second kappa shape index (κ2) is 8.12. The van der Waals surface area contributed by atoms with Gasteiger partial charge < -0.3 is 4.74 Å². The SMILES string of the molecule is CCC(COC(CC)C(C)(C)C)N1CCN(C(C)(C)C)CC1. The summed E-state index contributed by atoms with van der Waals surface area (Å²) in [6.07, 6.45) is 2.63. The fourth-order valence-electron chi connectivity index (χ4n) is 3.45. The molecule has 0 aromatic carbocycles. The van der Waals surface area contributed by atoms with Crippen molar-refractivity contribution in [2.24, 2.45) is 5.41 Å². The molecule has 3 nitrogen and oxygen atoms in total. The molecule has 3 heteroatoms. The number of piperazine rings is 1. The molecule has 0 N–H and O–H groups in total. The van der Waals surface area contributed by atoms with Crippen LogP contribution in [-0.4, -0.2) is 60.3 Å². The van der Waals surface area contributed by atoms with Crippen LogP contribution in [0.3, 0.4) is 0 Å². The largest absolute Gasteiger partial charge is 0.376 e. The second-order valence-corrected chi connectivity index (χ2v) is 8.85. The average Bonchev–Trinajstić information content (AvgIpc) is 2.41. The van der Waals surface area contributed by atoms with Crippen LogP contribution in [-0.2, 0) is 4.74 Å². The molecular weight excluding hydrogens is 272 g/mol. The van der Waals surface area contributed by atoms with E-state index in [9.17, 15) is 0 Å². The van der Waals surface area contributed by atoms with Crippen LogP contribution in [0.5, 0.6) is 0 Å². The molecule has 22 heavy (non-hydrogen) atoms. The maximum Gasteiger partial charge on any atom is 0.0625 e. The standard InChI is InChI=1S/C19H40N2O/c1-9-16(15-22-17(10-2)18(3,4)5)20-11-13-21(14-12-20)19(6,7)8/h16-17H,9-15H2,1-8H3. The number of nitrogens with zero attached hydrogens (tertiary/aromatic N) is 2. The van der Waals surface area contributed by atoms with Crippen LogP contribution in [0, 0.1) is 5.41 Å². The predicted octanol–water partition coefficient (Wildman–Crippen LogP) is 4.02. The molecule has 0 spiro atoms. The minimum Gasteiger partial charge on any atom is -0.376 e. The Kier molecular flexibility index (Phi) is 7.35. The van der Waals surface area contributed by atoms with Crippen molar-refractivity contribution in [2.75, 3.05) is 32.8 Å². The molecule has 0 saturated carbocycles. The molecule has 0 bridgehead atoms. The van der Waals surface area contributed by atoms with Crippen molar-refractivity contribution in [3.63, 3.8) is 0 Å². The van der Waals surface area contributed by atoms with Crippen molar-refractivity contribution in [1.82, 2.24) is 9.80 Å². The number of ether oxygens (including phenoxy) is 1. The molecule has 1 heterocycles. The van der Waals surface area contributed by atoms with Gasteiger partial charge in [-0.15, -0.1) is 0 Å². The summed E-state index contributed by atoms with van der Waals surface area (Å²) < 4.78 is 6.30. The van der Waals surface area contributed by atoms with E-state index in [4.69, 9.17) is 4.74 Å². The summed E-state index contributed by atoms with van der Waals surface area (Å²) in [7, 11) is 0. The van der Waals surface area contributed by atoms with Gasteiger partial charge in [-0.25, -0.2) is 0 Å². The predicted molar refractivity (Wildman–Crippen MR) is 96.5 cm³/mol. The van der Waals surface area contributed by atoms with Gasteiger partial charge in [0.1, 0.15) is 0 Å². The van der Waals surface area contributed by atoms with Crippen molar-refractivity contribution in [1.29, 1.82) is 0 Å². The Bertz CT molecular complexity index is 308. The third-order valence-corrected chi connectivity index (χ3v) is 5.08. The monoisotopic (exact) mass is 312 g/mol. The van der Waals surface area contributed by atoms with Crippen LogP contribution in [0.15, 0.2) is 0 Å². The lowest BCUT2D eigenvalue weighted by Gasteiger charge is -2.45. The summed E-state index contributed by atoms with van der Waals surface area (Å²) >= 11 is 0. The van der Waals surface area contributed by atoms with Crippen LogP contribution in [0.2, 0.25) is 0 Å². The molecule has 2 atom stereocenters. The minimum atomic E-state index is 0.234. The molecule has 2 unspecified atom stereocenters. The average molecular weight is 313 g/mol. The Balaban J connectivity index is 2.49. The van der Waals surface area contributed by atoms with Crippen molar-refractivity contribution < 1.29 is 4.74 Å². The highest BCUT2D eigenvalue weighted by atomic mass is 16.5. The molecule has 1 rings (SSSR count). The molecule has 1 aliphatic heterocycles. The van der Waals surface area contributed by atoms with E-state index in [-0.39, 0.29) is 5.41 Å². The number of hydrogen-bond donors (Lipinski definition) is 0. The van der Waals surface area contributed by atoms with Gasteiger partial charge in [0, 0.05) is 37.8 Å². The molecule has 0 radical (unpaired) electrons. The molecule has 0 aromatic heterocycles. The molecule has 0 aliphatic carbocycles. The van der Waals surface area contributed by atoms with Crippen LogP contribution < -0.4 is 0 Å². The lowest BCUT2D eigenvalue weighted by atomic mass is 9.87. The Morgan fingerprint density at radius 3 is 1.77 bits per heavy atom. The molecular formula is C19H40N2O. The first-order chi connectivity index (χ1) is 10.1. The first-order valence-corrected chi connectivity index (χ1v) is 9.20. The highest BCUT2D eigenvalue weighted by molar-refractivity contribution is 4.85. The van der Waals surface area contributed by atoms with Gasteiger partial charge in [0.25, 0.3) is 0 Å². The molecule has 1 saturated heterocycles. The maximum absolute atomic E-state index is 6.30. The highest BCUT2D eigenvalue weighted by Gasteiger charge is 2.30. The zero-order valence-corrected chi connectivity index (χ0v) is 16.4. The Labute approximate surface area is 139 Å². The second-order valence-electron chi connectivity index (χ2n) is 8.85. The van der Waals surface area contributed by atoms with E-state index >= 15 is 0 Å². The van der Waals surface area contributed by atoms with E-state index in [1.165, 1.54) is 32.6 Å². The van der Waals surface area contributed by atoms with E-state index in [1.807, 2.05) is 0 Å². The van der Waals surface area contributed by atoms with Gasteiger partial charge >= 0.3 is 0 Å². The lowest BCUT2D eigenvalue weighted by Crippen LogP contribution is -2.56. The van der Waals surface area contributed by atoms with E-state index in [0.29, 0.717) is 17.7 Å². The van der Waals surface area contributed by atoms with Crippen LogP contribution in [0.4, 0.5) is 0 Å². The Morgan fingerprint density at radius 1 is 0.864 bits per heavy atom. The van der Waals surface area contributed by atoms with Crippen LogP contribution >= 0.6 is 0 Å². The van der Waals surface area contributed by atoms with Gasteiger partial charge in [0.2, 0.25) is 0 Å². The topological polar surface area (TPSA) is 15.7 Å². The molecule has 0 aromatic rings. The van der Waals surface area contributed by atoms with Gasteiger partial charge in [-0.3, -0.25) is 9.80 Å². The Morgan fingerprint density at radius 2 is 1.41 bits per heavy atom. The fraction of sp³-hybridized carbons (Fsp3) is 1.00. The lowest BCUT2D eigenvalue weighted by molar-refractivity contribution is -0.0555. The van der Waals surface area contributed by atoms with Crippen molar-refractivity contribution in [2.45, 2.75) is 85.9 Å². The number of rotatable bonds is 6. The van der Waals surface area contributed by atoms with Crippen molar-refractivity contribution >= 4 is 0 Å². The summed E-state index contributed by atoms with van der Waals surface area (Å²) in [4.78, 5) is 5.23. The van der Waals surface area contributed by atoms with E-state index in [2.05, 4.69) is 65.2 Å². The third kappa shape index (κ3) is 5.82. The van der Waals surface area contributed by atoms with Crippen LogP contribution in [0.1, 0.15) is 68.2 Å². The first kappa shape index (κ1) is 19.9. The fourth-order valence-corrected chi connectivity index (χ4v) is 3.45.